The lowest BCUT2D eigenvalue weighted by atomic mass is 10.1. The maximum Gasteiger partial charge on any atom is 0.416 e. The third-order valence-electron chi connectivity index (χ3n) is 2.98. The van der Waals surface area contributed by atoms with Crippen LogP contribution in [-0.2, 0) is 6.18 Å². The highest BCUT2D eigenvalue weighted by Gasteiger charge is 2.30. The molecule has 5 heteroatoms. The molecule has 0 radical (unpaired) electrons. The number of hydrogen-bond acceptors (Lipinski definition) is 1. The van der Waals surface area contributed by atoms with Gasteiger partial charge in [-0.15, -0.1) is 11.6 Å². The first-order valence-corrected chi connectivity index (χ1v) is 6.99. The summed E-state index contributed by atoms with van der Waals surface area (Å²) in [5.41, 5.74) is 0.160. The minimum Gasteiger partial charge on any atom is -0.486 e. The van der Waals surface area contributed by atoms with Crippen LogP contribution in [-0.4, -0.2) is 5.88 Å². The molecule has 0 aliphatic carbocycles. The molecular weight excluding hydrogens is 301 g/mol. The van der Waals surface area contributed by atoms with Crippen LogP contribution in [0, 0.1) is 0 Å². The fourth-order valence-corrected chi connectivity index (χ4v) is 2.17. The summed E-state index contributed by atoms with van der Waals surface area (Å²) in [6.45, 7) is 0. The van der Waals surface area contributed by atoms with Crippen LogP contribution in [0.2, 0.25) is 0 Å². The highest BCUT2D eigenvalue weighted by molar-refractivity contribution is 6.17. The first-order valence-electron chi connectivity index (χ1n) is 6.45. The molecule has 0 bridgehead atoms. The first-order chi connectivity index (χ1) is 10.0. The lowest BCUT2D eigenvalue weighted by Crippen LogP contribution is -2.10. The number of hydrogen-bond donors (Lipinski definition) is 0. The molecule has 0 fully saturated rings. The van der Waals surface area contributed by atoms with E-state index < -0.39 is 11.7 Å². The molecule has 2 rings (SSSR count). The van der Waals surface area contributed by atoms with Crippen LogP contribution in [0.5, 0.6) is 5.75 Å². The molecule has 0 aromatic heterocycles. The summed E-state index contributed by atoms with van der Waals surface area (Å²) in [6, 6.07) is 14.2. The fourth-order valence-electron chi connectivity index (χ4n) is 1.97. The molecule has 112 valence electrons. The van der Waals surface area contributed by atoms with Gasteiger partial charge in [-0.25, -0.2) is 0 Å². The van der Waals surface area contributed by atoms with Gasteiger partial charge in [0.15, 0.2) is 0 Å². The second-order valence-electron chi connectivity index (χ2n) is 4.52. The number of halogens is 4. The lowest BCUT2D eigenvalue weighted by molar-refractivity contribution is -0.137. The van der Waals surface area contributed by atoms with Gasteiger partial charge in [0.25, 0.3) is 0 Å². The monoisotopic (exact) mass is 314 g/mol. The van der Waals surface area contributed by atoms with Crippen LogP contribution in [0.3, 0.4) is 0 Å². The van der Waals surface area contributed by atoms with E-state index in [2.05, 4.69) is 0 Å². The topological polar surface area (TPSA) is 9.23 Å². The van der Waals surface area contributed by atoms with E-state index in [1.807, 2.05) is 30.3 Å². The Bertz CT molecular complexity index is 569. The highest BCUT2D eigenvalue weighted by atomic mass is 35.5. The van der Waals surface area contributed by atoms with E-state index in [9.17, 15) is 13.2 Å². The zero-order valence-corrected chi connectivity index (χ0v) is 11.9. The van der Waals surface area contributed by atoms with Gasteiger partial charge < -0.3 is 4.74 Å². The smallest absolute Gasteiger partial charge is 0.416 e. The third-order valence-corrected chi connectivity index (χ3v) is 3.20. The summed E-state index contributed by atoms with van der Waals surface area (Å²) >= 11 is 5.76. The van der Waals surface area contributed by atoms with Gasteiger partial charge in [-0.2, -0.15) is 13.2 Å². The van der Waals surface area contributed by atoms with Gasteiger partial charge in [0.05, 0.1) is 5.56 Å². The second-order valence-corrected chi connectivity index (χ2v) is 4.90. The number of benzene rings is 2. The Morgan fingerprint density at radius 1 is 1.00 bits per heavy atom. The van der Waals surface area contributed by atoms with Crippen LogP contribution in [0.4, 0.5) is 13.2 Å². The van der Waals surface area contributed by atoms with E-state index in [0.29, 0.717) is 12.3 Å². The normalized spacial score (nSPS) is 13.0. The van der Waals surface area contributed by atoms with E-state index in [4.69, 9.17) is 16.3 Å². The molecule has 0 N–H and O–H groups in total. The van der Waals surface area contributed by atoms with Crippen LogP contribution >= 0.6 is 11.6 Å². The van der Waals surface area contributed by atoms with Crippen molar-refractivity contribution in [3.05, 3.63) is 65.7 Å². The summed E-state index contributed by atoms with van der Waals surface area (Å²) < 4.78 is 43.8. The van der Waals surface area contributed by atoms with Crippen molar-refractivity contribution in [1.29, 1.82) is 0 Å². The minimum absolute atomic E-state index is 0.184. The summed E-state index contributed by atoms with van der Waals surface area (Å²) in [5, 5.41) is 0. The Morgan fingerprint density at radius 2 is 1.71 bits per heavy atom. The van der Waals surface area contributed by atoms with Gasteiger partial charge in [0.2, 0.25) is 0 Å². The largest absolute Gasteiger partial charge is 0.486 e. The van der Waals surface area contributed by atoms with Gasteiger partial charge in [-0.05, 0) is 23.8 Å². The summed E-state index contributed by atoms with van der Waals surface area (Å²) in [6.07, 6.45) is -4.23. The predicted octanol–water partition coefficient (Wildman–Crippen LogP) is 5.45. The Balaban J connectivity index is 2.21. The number of ether oxygens (including phenoxy) is 1. The van der Waals surface area contributed by atoms with Crippen LogP contribution in [0.1, 0.15) is 23.7 Å². The van der Waals surface area contributed by atoms with Crippen molar-refractivity contribution in [2.45, 2.75) is 18.7 Å². The van der Waals surface area contributed by atoms with E-state index >= 15 is 0 Å². The molecule has 0 spiro atoms. The molecule has 0 aliphatic heterocycles. The van der Waals surface area contributed by atoms with E-state index in [-0.39, 0.29) is 11.9 Å². The zero-order chi connectivity index (χ0) is 15.3. The van der Waals surface area contributed by atoms with E-state index in [0.717, 1.165) is 17.7 Å². The van der Waals surface area contributed by atoms with Crippen molar-refractivity contribution in [2.24, 2.45) is 0 Å². The molecular formula is C16H14ClF3O. The molecule has 0 aliphatic rings. The van der Waals surface area contributed by atoms with Gasteiger partial charge in [0.1, 0.15) is 11.9 Å². The fraction of sp³-hybridized carbons (Fsp3) is 0.250. The molecule has 0 unspecified atom stereocenters. The van der Waals surface area contributed by atoms with Gasteiger partial charge >= 0.3 is 6.18 Å². The SMILES string of the molecule is FC(F)(F)c1cccc(O[C@@H](CCCl)c2ccccc2)c1. The van der Waals surface area contributed by atoms with Crippen LogP contribution < -0.4 is 4.74 Å². The third kappa shape index (κ3) is 4.39. The van der Waals surface area contributed by atoms with Crippen LogP contribution in [0.15, 0.2) is 54.6 Å². The van der Waals surface area contributed by atoms with Crippen LogP contribution in [0.25, 0.3) is 0 Å². The van der Waals surface area contributed by atoms with Crippen molar-refractivity contribution in [3.8, 4) is 5.75 Å². The Kier molecular flexibility index (Phi) is 5.12. The van der Waals surface area contributed by atoms with Gasteiger partial charge in [-0.3, -0.25) is 0 Å². The molecule has 0 saturated carbocycles. The molecule has 2 aromatic carbocycles. The molecule has 2 aromatic rings. The summed E-state index contributed by atoms with van der Waals surface area (Å²) in [7, 11) is 0. The van der Waals surface area contributed by atoms with Crippen molar-refractivity contribution in [2.75, 3.05) is 5.88 Å². The number of rotatable bonds is 5. The summed E-state index contributed by atoms with van der Waals surface area (Å²) in [4.78, 5) is 0. The quantitative estimate of drug-likeness (QED) is 0.666. The Hall–Kier alpha value is -1.68. The maximum atomic E-state index is 12.7. The lowest BCUT2D eigenvalue weighted by Gasteiger charge is -2.19. The average Bonchev–Trinajstić information content (AvgIpc) is 2.47. The minimum atomic E-state index is -4.38. The van der Waals surface area contributed by atoms with Gasteiger partial charge in [-0.1, -0.05) is 36.4 Å². The molecule has 0 amide bonds. The van der Waals surface area contributed by atoms with Crippen molar-refractivity contribution >= 4 is 11.6 Å². The summed E-state index contributed by atoms with van der Waals surface area (Å²) in [5.74, 6) is 0.544. The second kappa shape index (κ2) is 6.85. The zero-order valence-electron chi connectivity index (χ0n) is 11.1. The maximum absolute atomic E-state index is 12.7. The predicted molar refractivity (Wildman–Crippen MR) is 76.6 cm³/mol. The molecule has 0 saturated heterocycles. The number of alkyl halides is 4. The van der Waals surface area contributed by atoms with Crippen molar-refractivity contribution in [3.63, 3.8) is 0 Å². The highest BCUT2D eigenvalue weighted by Crippen LogP contribution is 2.33. The Morgan fingerprint density at radius 3 is 2.33 bits per heavy atom. The molecule has 21 heavy (non-hydrogen) atoms. The average molecular weight is 315 g/mol. The van der Waals surface area contributed by atoms with Crippen molar-refractivity contribution < 1.29 is 17.9 Å². The van der Waals surface area contributed by atoms with E-state index in [1.54, 1.807) is 0 Å². The van der Waals surface area contributed by atoms with E-state index in [1.165, 1.54) is 12.1 Å². The van der Waals surface area contributed by atoms with Crippen molar-refractivity contribution in [1.82, 2.24) is 0 Å². The molecule has 0 heterocycles. The Labute approximate surface area is 126 Å². The molecule has 1 atom stereocenters. The first kappa shape index (κ1) is 15.7. The molecule has 1 nitrogen and oxygen atoms in total. The standard InChI is InChI=1S/C16H14ClF3O/c17-10-9-15(12-5-2-1-3-6-12)21-14-8-4-7-13(11-14)16(18,19)20/h1-8,11,15H,9-10H2/t15-/m0/s1. The van der Waals surface area contributed by atoms with Gasteiger partial charge in [0, 0.05) is 12.3 Å².